The highest BCUT2D eigenvalue weighted by Gasteiger charge is 2.35. The van der Waals surface area contributed by atoms with Crippen molar-refractivity contribution in [2.24, 2.45) is 0 Å². The Morgan fingerprint density at radius 1 is 0.333 bits per heavy atom. The third-order valence-electron chi connectivity index (χ3n) is 13.3. The van der Waals surface area contributed by atoms with E-state index in [0.717, 1.165) is 17.1 Å². The van der Waals surface area contributed by atoms with Crippen LogP contribution in [0.4, 0.5) is 17.1 Å². The van der Waals surface area contributed by atoms with E-state index < -0.39 is 0 Å². The molecule has 0 saturated heterocycles. The van der Waals surface area contributed by atoms with Crippen LogP contribution in [-0.4, -0.2) is 0 Å². The number of hydrogen-bond acceptors (Lipinski definition) is 2. The maximum absolute atomic E-state index is 2.42. The summed E-state index contributed by atoms with van der Waals surface area (Å²) < 4.78 is 2.65. The van der Waals surface area contributed by atoms with Gasteiger partial charge in [0.2, 0.25) is 0 Å². The average molecular weight is 822 g/mol. The van der Waals surface area contributed by atoms with Gasteiger partial charge in [0.1, 0.15) is 0 Å². The second kappa shape index (κ2) is 14.8. The van der Waals surface area contributed by atoms with E-state index in [0.29, 0.717) is 0 Å². The van der Waals surface area contributed by atoms with Gasteiger partial charge in [0, 0.05) is 42.5 Å². The molecule has 11 aromatic rings. The molecule has 1 aromatic heterocycles. The molecule has 1 aliphatic carbocycles. The van der Waals surface area contributed by atoms with Gasteiger partial charge < -0.3 is 4.90 Å². The van der Waals surface area contributed by atoms with Gasteiger partial charge in [-0.1, -0.05) is 178 Å². The summed E-state index contributed by atoms with van der Waals surface area (Å²) in [6.07, 6.45) is 0. The fourth-order valence-electron chi connectivity index (χ4n) is 10.1. The number of nitrogens with zero attached hydrogens (tertiary/aromatic N) is 1. The van der Waals surface area contributed by atoms with E-state index in [9.17, 15) is 0 Å². The second-order valence-electron chi connectivity index (χ2n) is 17.3. The van der Waals surface area contributed by atoms with Crippen LogP contribution in [0, 0.1) is 0 Å². The van der Waals surface area contributed by atoms with Crippen LogP contribution in [0.25, 0.3) is 86.6 Å². The first-order chi connectivity index (χ1) is 31.0. The minimum absolute atomic E-state index is 0.0529. The van der Waals surface area contributed by atoms with Gasteiger partial charge in [0.25, 0.3) is 0 Å². The molecule has 0 unspecified atom stereocenters. The lowest BCUT2D eigenvalue weighted by molar-refractivity contribution is 0.660. The molecule has 0 N–H and O–H groups in total. The van der Waals surface area contributed by atoms with E-state index in [1.165, 1.54) is 97.7 Å². The van der Waals surface area contributed by atoms with Crippen molar-refractivity contribution in [1.82, 2.24) is 0 Å². The molecule has 2 heteroatoms. The van der Waals surface area contributed by atoms with E-state index in [4.69, 9.17) is 0 Å². The minimum Gasteiger partial charge on any atom is -0.310 e. The van der Waals surface area contributed by atoms with Gasteiger partial charge in [-0.25, -0.2) is 0 Å². The molecule has 1 aliphatic rings. The van der Waals surface area contributed by atoms with Gasteiger partial charge in [0.15, 0.2) is 0 Å². The number of para-hydroxylation sites is 1. The summed E-state index contributed by atoms with van der Waals surface area (Å²) in [6, 6.07) is 82.9. The number of thiophene rings is 1. The average Bonchev–Trinajstić information content (AvgIpc) is 3.83. The van der Waals surface area contributed by atoms with Crippen molar-refractivity contribution in [1.29, 1.82) is 0 Å². The van der Waals surface area contributed by atoms with E-state index in [-0.39, 0.29) is 5.41 Å². The summed E-state index contributed by atoms with van der Waals surface area (Å²) in [5.74, 6) is 0. The normalized spacial score (nSPS) is 12.7. The van der Waals surface area contributed by atoms with E-state index in [2.05, 4.69) is 243 Å². The first-order valence-corrected chi connectivity index (χ1v) is 22.6. The lowest BCUT2D eigenvalue weighted by atomic mass is 9.81. The van der Waals surface area contributed by atoms with Crippen LogP contribution in [0.1, 0.15) is 25.0 Å². The highest BCUT2D eigenvalue weighted by Crippen LogP contribution is 2.50. The summed E-state index contributed by atoms with van der Waals surface area (Å²) in [7, 11) is 0. The summed E-state index contributed by atoms with van der Waals surface area (Å²) in [4.78, 5) is 2.42. The molecule has 1 nitrogen and oxygen atoms in total. The zero-order chi connectivity index (χ0) is 42.1. The van der Waals surface area contributed by atoms with Crippen molar-refractivity contribution < 1.29 is 0 Å². The Morgan fingerprint density at radius 3 is 1.67 bits per heavy atom. The largest absolute Gasteiger partial charge is 0.310 e. The fraction of sp³-hybridized carbons (Fsp3) is 0.0492. The van der Waals surface area contributed by atoms with Gasteiger partial charge in [-0.3, -0.25) is 0 Å². The molecule has 298 valence electrons. The highest BCUT2D eigenvalue weighted by molar-refractivity contribution is 7.25. The van der Waals surface area contributed by atoms with E-state index in [1.807, 2.05) is 11.3 Å². The number of rotatable bonds is 7. The molecule has 0 bridgehead atoms. The molecule has 63 heavy (non-hydrogen) atoms. The van der Waals surface area contributed by atoms with Gasteiger partial charge in [-0.2, -0.15) is 0 Å². The topological polar surface area (TPSA) is 3.24 Å². The molecule has 12 rings (SSSR count). The number of fused-ring (bicyclic) bond motifs is 7. The molecule has 0 atom stereocenters. The Hall–Kier alpha value is -7.52. The Labute approximate surface area is 372 Å². The van der Waals surface area contributed by atoms with Crippen molar-refractivity contribution in [3.05, 3.63) is 236 Å². The Balaban J connectivity index is 0.961. The highest BCUT2D eigenvalue weighted by atomic mass is 32.1. The minimum atomic E-state index is -0.0529. The summed E-state index contributed by atoms with van der Waals surface area (Å²) >= 11 is 1.86. The smallest absolute Gasteiger partial charge is 0.0540 e. The monoisotopic (exact) mass is 821 g/mol. The van der Waals surface area contributed by atoms with Crippen molar-refractivity contribution in [3.8, 4) is 55.6 Å². The zero-order valence-corrected chi connectivity index (χ0v) is 36.0. The van der Waals surface area contributed by atoms with Gasteiger partial charge in [-0.15, -0.1) is 11.3 Å². The Bertz CT molecular complexity index is 3530. The standard InChI is InChI=1S/C61H43NS/c1-61(2)56-22-8-5-19-52(56)53-35-29-44(39-57(53)61)41-27-33-48(34-28-41)62(47-31-25-40(26-32-47)43-30-36-60-55(38-43)54-20-7-10-24-59(54)63-60)58-23-9-6-18-51(58)46-16-11-15-45(37-46)50-21-12-14-42-13-3-4-17-49(42)50/h3-39H,1-2H3. The molecule has 0 spiro atoms. The van der Waals surface area contributed by atoms with Crippen molar-refractivity contribution >= 4 is 59.3 Å². The van der Waals surface area contributed by atoms with Gasteiger partial charge >= 0.3 is 0 Å². The lowest BCUT2D eigenvalue weighted by Gasteiger charge is -2.28. The van der Waals surface area contributed by atoms with Crippen molar-refractivity contribution in [2.45, 2.75) is 19.3 Å². The molecule has 10 aromatic carbocycles. The molecule has 0 amide bonds. The third kappa shape index (κ3) is 6.29. The summed E-state index contributed by atoms with van der Waals surface area (Å²) in [6.45, 7) is 4.70. The molecule has 0 aliphatic heterocycles. The molecular weight excluding hydrogens is 779 g/mol. The lowest BCUT2D eigenvalue weighted by Crippen LogP contribution is -2.14. The molecule has 1 heterocycles. The van der Waals surface area contributed by atoms with Crippen LogP contribution in [0.3, 0.4) is 0 Å². The predicted molar refractivity (Wildman–Crippen MR) is 271 cm³/mol. The van der Waals surface area contributed by atoms with Crippen LogP contribution in [0.5, 0.6) is 0 Å². The maximum Gasteiger partial charge on any atom is 0.0540 e. The first kappa shape index (κ1) is 37.3. The first-order valence-electron chi connectivity index (χ1n) is 21.8. The van der Waals surface area contributed by atoms with Crippen LogP contribution in [0.2, 0.25) is 0 Å². The van der Waals surface area contributed by atoms with Crippen molar-refractivity contribution in [2.75, 3.05) is 4.90 Å². The van der Waals surface area contributed by atoms with Crippen LogP contribution < -0.4 is 4.90 Å². The van der Waals surface area contributed by atoms with Crippen LogP contribution in [0.15, 0.2) is 224 Å². The molecule has 0 fully saturated rings. The Kier molecular flexibility index (Phi) is 8.77. The predicted octanol–water partition coefficient (Wildman–Crippen LogP) is 17.7. The van der Waals surface area contributed by atoms with Crippen molar-refractivity contribution in [3.63, 3.8) is 0 Å². The summed E-state index contributed by atoms with van der Waals surface area (Å²) in [5.41, 5.74) is 18.4. The van der Waals surface area contributed by atoms with Gasteiger partial charge in [0.05, 0.1) is 5.69 Å². The summed E-state index contributed by atoms with van der Waals surface area (Å²) in [5, 5.41) is 5.14. The number of benzene rings is 10. The second-order valence-corrected chi connectivity index (χ2v) is 18.4. The molecule has 0 radical (unpaired) electrons. The van der Waals surface area contributed by atoms with E-state index >= 15 is 0 Å². The van der Waals surface area contributed by atoms with Crippen LogP contribution >= 0.6 is 11.3 Å². The molecular formula is C61H43NS. The van der Waals surface area contributed by atoms with Crippen LogP contribution in [-0.2, 0) is 5.41 Å². The zero-order valence-electron chi connectivity index (χ0n) is 35.2. The van der Waals surface area contributed by atoms with Gasteiger partial charge in [-0.05, 0) is 133 Å². The molecule has 0 saturated carbocycles. The quantitative estimate of drug-likeness (QED) is 0.155. The SMILES string of the molecule is CC1(C)c2ccccc2-c2ccc(-c3ccc(N(c4ccc(-c5ccc6sc7ccccc7c6c5)cc4)c4ccccc4-c4cccc(-c5cccc6ccccc56)c4)cc3)cc21. The number of hydrogen-bond donors (Lipinski definition) is 0. The Morgan fingerprint density at radius 2 is 0.873 bits per heavy atom. The maximum atomic E-state index is 2.42. The number of anilines is 3. The van der Waals surface area contributed by atoms with E-state index in [1.54, 1.807) is 0 Å². The fourth-order valence-corrected chi connectivity index (χ4v) is 11.2. The third-order valence-corrected chi connectivity index (χ3v) is 14.4.